The lowest BCUT2D eigenvalue weighted by atomic mass is 10.1. The van der Waals surface area contributed by atoms with E-state index in [0.29, 0.717) is 6.42 Å². The van der Waals surface area contributed by atoms with Crippen LogP contribution in [0.2, 0.25) is 0 Å². The van der Waals surface area contributed by atoms with Crippen LogP contribution in [0.4, 0.5) is 0 Å². The molecule has 0 saturated heterocycles. The zero-order chi connectivity index (χ0) is 12.1. The Labute approximate surface area is 101 Å². The number of nitrogens with one attached hydrogen (secondary N) is 2. The van der Waals surface area contributed by atoms with E-state index in [2.05, 4.69) is 10.3 Å². The number of H-pyrrole nitrogens is 1. The van der Waals surface area contributed by atoms with Gasteiger partial charge in [-0.3, -0.25) is 4.79 Å². The van der Waals surface area contributed by atoms with E-state index in [0.717, 1.165) is 11.3 Å². The highest BCUT2D eigenvalue weighted by Gasteiger charge is 2.09. The maximum Gasteiger partial charge on any atom is 0.226 e. The summed E-state index contributed by atoms with van der Waals surface area (Å²) < 4.78 is 0. The van der Waals surface area contributed by atoms with Gasteiger partial charge in [0.25, 0.3) is 0 Å². The van der Waals surface area contributed by atoms with E-state index >= 15 is 0 Å². The first-order valence-corrected chi connectivity index (χ1v) is 5.72. The maximum absolute atomic E-state index is 11.8. The summed E-state index contributed by atoms with van der Waals surface area (Å²) in [6, 6.07) is 13.8. The van der Waals surface area contributed by atoms with E-state index in [1.165, 1.54) is 0 Å². The van der Waals surface area contributed by atoms with Gasteiger partial charge in [-0.1, -0.05) is 30.3 Å². The smallest absolute Gasteiger partial charge is 0.226 e. The predicted octanol–water partition coefficient (Wildman–Crippen LogP) is 2.43. The van der Waals surface area contributed by atoms with E-state index in [1.807, 2.05) is 55.6 Å². The Bertz CT molecular complexity index is 462. The summed E-state index contributed by atoms with van der Waals surface area (Å²) in [6.07, 6.45) is 2.22. The van der Waals surface area contributed by atoms with Gasteiger partial charge >= 0.3 is 0 Å². The normalized spacial score (nSPS) is 12.1. The summed E-state index contributed by atoms with van der Waals surface area (Å²) in [5.74, 6) is 0.0313. The highest BCUT2D eigenvalue weighted by molar-refractivity contribution is 5.78. The Morgan fingerprint density at radius 2 is 2.00 bits per heavy atom. The number of carbonyl (C=O) groups is 1. The fourth-order valence-corrected chi connectivity index (χ4v) is 1.77. The molecule has 0 saturated carbocycles. The molecule has 1 aromatic heterocycles. The highest BCUT2D eigenvalue weighted by Crippen LogP contribution is 2.11. The van der Waals surface area contributed by atoms with Gasteiger partial charge in [0.2, 0.25) is 5.91 Å². The summed E-state index contributed by atoms with van der Waals surface area (Å²) in [5, 5.41) is 2.98. The van der Waals surface area contributed by atoms with E-state index < -0.39 is 0 Å². The van der Waals surface area contributed by atoms with Gasteiger partial charge in [0.15, 0.2) is 0 Å². The van der Waals surface area contributed by atoms with Gasteiger partial charge in [-0.2, -0.15) is 0 Å². The first-order valence-electron chi connectivity index (χ1n) is 5.72. The van der Waals surface area contributed by atoms with Crippen LogP contribution >= 0.6 is 0 Å². The molecule has 1 amide bonds. The SMILES string of the molecule is CC(NC(=O)Cc1ccc[nH]1)c1ccccc1. The van der Waals surface area contributed by atoms with Gasteiger partial charge in [-0.05, 0) is 24.6 Å². The largest absolute Gasteiger partial charge is 0.365 e. The molecule has 2 N–H and O–H groups in total. The molecule has 1 unspecified atom stereocenters. The standard InChI is InChI=1S/C14H16N2O/c1-11(12-6-3-2-4-7-12)16-14(17)10-13-8-5-9-15-13/h2-9,11,15H,10H2,1H3,(H,16,17). The van der Waals surface area contributed by atoms with Gasteiger partial charge in [-0.25, -0.2) is 0 Å². The van der Waals surface area contributed by atoms with Crippen LogP contribution < -0.4 is 5.32 Å². The van der Waals surface area contributed by atoms with E-state index in [4.69, 9.17) is 0 Å². The second-order valence-electron chi connectivity index (χ2n) is 4.07. The Morgan fingerprint density at radius 3 is 2.65 bits per heavy atom. The molecule has 1 heterocycles. The summed E-state index contributed by atoms with van der Waals surface area (Å²) in [6.45, 7) is 1.99. The Kier molecular flexibility index (Phi) is 3.60. The van der Waals surface area contributed by atoms with E-state index in [9.17, 15) is 4.79 Å². The molecule has 3 heteroatoms. The van der Waals surface area contributed by atoms with Crippen LogP contribution in [0.1, 0.15) is 24.2 Å². The van der Waals surface area contributed by atoms with Gasteiger partial charge < -0.3 is 10.3 Å². The maximum atomic E-state index is 11.8. The molecule has 0 bridgehead atoms. The third-order valence-corrected chi connectivity index (χ3v) is 2.69. The van der Waals surface area contributed by atoms with Crippen molar-refractivity contribution in [2.24, 2.45) is 0 Å². The molecule has 88 valence electrons. The lowest BCUT2D eigenvalue weighted by molar-refractivity contribution is -0.121. The van der Waals surface area contributed by atoms with Crippen molar-refractivity contribution in [1.82, 2.24) is 10.3 Å². The monoisotopic (exact) mass is 228 g/mol. The van der Waals surface area contributed by atoms with Crippen LogP contribution in [-0.4, -0.2) is 10.9 Å². The van der Waals surface area contributed by atoms with Crippen molar-refractivity contribution in [3.8, 4) is 0 Å². The summed E-state index contributed by atoms with van der Waals surface area (Å²) in [7, 11) is 0. The number of rotatable bonds is 4. The Hall–Kier alpha value is -2.03. The van der Waals surface area contributed by atoms with Crippen molar-refractivity contribution in [3.63, 3.8) is 0 Å². The number of hydrogen-bond donors (Lipinski definition) is 2. The van der Waals surface area contributed by atoms with Crippen molar-refractivity contribution in [1.29, 1.82) is 0 Å². The van der Waals surface area contributed by atoms with Crippen molar-refractivity contribution in [3.05, 3.63) is 59.9 Å². The second kappa shape index (κ2) is 5.34. The molecule has 1 atom stereocenters. The summed E-state index contributed by atoms with van der Waals surface area (Å²) in [5.41, 5.74) is 2.05. The van der Waals surface area contributed by atoms with Crippen LogP contribution in [0.5, 0.6) is 0 Å². The van der Waals surface area contributed by atoms with Crippen molar-refractivity contribution in [2.45, 2.75) is 19.4 Å². The first kappa shape index (κ1) is 11.5. The molecule has 0 aliphatic carbocycles. The zero-order valence-electron chi connectivity index (χ0n) is 9.81. The molecule has 17 heavy (non-hydrogen) atoms. The fraction of sp³-hybridized carbons (Fsp3) is 0.214. The molecule has 2 aromatic rings. The van der Waals surface area contributed by atoms with Crippen LogP contribution in [-0.2, 0) is 11.2 Å². The molecule has 0 aliphatic heterocycles. The second-order valence-corrected chi connectivity index (χ2v) is 4.07. The number of aromatic amines is 1. The molecular formula is C14H16N2O. The first-order chi connectivity index (χ1) is 8.25. The minimum atomic E-state index is 0.0313. The number of hydrogen-bond acceptors (Lipinski definition) is 1. The number of carbonyl (C=O) groups excluding carboxylic acids is 1. The van der Waals surface area contributed by atoms with Crippen LogP contribution in [0.15, 0.2) is 48.7 Å². The number of amides is 1. The van der Waals surface area contributed by atoms with Gasteiger partial charge in [0.05, 0.1) is 12.5 Å². The highest BCUT2D eigenvalue weighted by atomic mass is 16.1. The fourth-order valence-electron chi connectivity index (χ4n) is 1.77. The lowest BCUT2D eigenvalue weighted by Gasteiger charge is -2.13. The molecule has 0 fully saturated rings. The minimum Gasteiger partial charge on any atom is -0.365 e. The Balaban J connectivity index is 1.91. The molecule has 0 aliphatic rings. The van der Waals surface area contributed by atoms with Gasteiger partial charge in [0, 0.05) is 11.9 Å². The van der Waals surface area contributed by atoms with E-state index in [-0.39, 0.29) is 11.9 Å². The minimum absolute atomic E-state index is 0.0313. The van der Waals surface area contributed by atoms with Crippen LogP contribution in [0.25, 0.3) is 0 Å². The molecular weight excluding hydrogens is 212 g/mol. The number of benzene rings is 1. The molecule has 1 aromatic carbocycles. The topological polar surface area (TPSA) is 44.9 Å². The third-order valence-electron chi connectivity index (χ3n) is 2.69. The lowest BCUT2D eigenvalue weighted by Crippen LogP contribution is -2.28. The van der Waals surface area contributed by atoms with Crippen molar-refractivity contribution in [2.75, 3.05) is 0 Å². The van der Waals surface area contributed by atoms with Crippen molar-refractivity contribution >= 4 is 5.91 Å². The quantitative estimate of drug-likeness (QED) is 0.829. The van der Waals surface area contributed by atoms with Crippen molar-refractivity contribution < 1.29 is 4.79 Å². The third kappa shape index (κ3) is 3.21. The summed E-state index contributed by atoms with van der Waals surface area (Å²) in [4.78, 5) is 14.8. The van der Waals surface area contributed by atoms with Crippen LogP contribution in [0, 0.1) is 0 Å². The van der Waals surface area contributed by atoms with Crippen LogP contribution in [0.3, 0.4) is 0 Å². The average molecular weight is 228 g/mol. The predicted molar refractivity (Wildman–Crippen MR) is 67.5 cm³/mol. The zero-order valence-corrected chi connectivity index (χ0v) is 9.81. The Morgan fingerprint density at radius 1 is 1.24 bits per heavy atom. The van der Waals surface area contributed by atoms with E-state index in [1.54, 1.807) is 0 Å². The average Bonchev–Trinajstić information content (AvgIpc) is 2.82. The molecule has 0 radical (unpaired) electrons. The van der Waals surface area contributed by atoms with Gasteiger partial charge in [-0.15, -0.1) is 0 Å². The summed E-state index contributed by atoms with van der Waals surface area (Å²) >= 11 is 0. The molecule has 2 rings (SSSR count). The number of aromatic nitrogens is 1. The molecule has 0 spiro atoms. The van der Waals surface area contributed by atoms with Gasteiger partial charge in [0.1, 0.15) is 0 Å². The molecule has 3 nitrogen and oxygen atoms in total.